The Hall–Kier alpha value is -1.75. The highest BCUT2D eigenvalue weighted by molar-refractivity contribution is 5.90. The Labute approximate surface area is 131 Å². The molecule has 0 N–H and O–H groups in total. The van der Waals surface area contributed by atoms with Crippen LogP contribution in [0.3, 0.4) is 0 Å². The van der Waals surface area contributed by atoms with Gasteiger partial charge in [-0.05, 0) is 57.0 Å². The smallest absolute Gasteiger partial charge is 0.338 e. The largest absolute Gasteiger partial charge is 0.458 e. The number of ether oxygens (including phenoxy) is 3. The molecule has 0 spiro atoms. The van der Waals surface area contributed by atoms with Gasteiger partial charge in [0.2, 0.25) is 6.79 Å². The van der Waals surface area contributed by atoms with Crippen LogP contribution < -0.4 is 9.47 Å². The second kappa shape index (κ2) is 6.57. The molecule has 1 atom stereocenters. The van der Waals surface area contributed by atoms with E-state index in [2.05, 4.69) is 11.8 Å². The van der Waals surface area contributed by atoms with Gasteiger partial charge in [-0.2, -0.15) is 0 Å². The highest BCUT2D eigenvalue weighted by Crippen LogP contribution is 2.32. The van der Waals surface area contributed by atoms with Crippen LogP contribution in [-0.4, -0.2) is 43.4 Å². The molecule has 0 bridgehead atoms. The fraction of sp³-hybridized carbons (Fsp3) is 0.588. The SMILES string of the molecule is CC1CCN(CC(C)OC(=O)c2ccc3c(c2)OCO3)CC1. The van der Waals surface area contributed by atoms with Gasteiger partial charge in [0, 0.05) is 6.54 Å². The predicted octanol–water partition coefficient (Wildman–Crippen LogP) is 2.69. The van der Waals surface area contributed by atoms with E-state index in [-0.39, 0.29) is 18.9 Å². The molecule has 5 nitrogen and oxygen atoms in total. The van der Waals surface area contributed by atoms with Crippen molar-refractivity contribution in [1.29, 1.82) is 0 Å². The lowest BCUT2D eigenvalue weighted by molar-refractivity contribution is 0.0221. The lowest BCUT2D eigenvalue weighted by Gasteiger charge is -2.31. The van der Waals surface area contributed by atoms with Crippen molar-refractivity contribution in [2.24, 2.45) is 5.92 Å². The van der Waals surface area contributed by atoms with Crippen LogP contribution in [0.25, 0.3) is 0 Å². The van der Waals surface area contributed by atoms with E-state index in [9.17, 15) is 4.79 Å². The third-order valence-electron chi connectivity index (χ3n) is 4.31. The number of hydrogen-bond donors (Lipinski definition) is 0. The van der Waals surface area contributed by atoms with Crippen molar-refractivity contribution in [3.05, 3.63) is 23.8 Å². The molecule has 22 heavy (non-hydrogen) atoms. The van der Waals surface area contributed by atoms with Crippen molar-refractivity contribution in [2.75, 3.05) is 26.4 Å². The van der Waals surface area contributed by atoms with Crippen LogP contribution in [0.4, 0.5) is 0 Å². The fourth-order valence-electron chi connectivity index (χ4n) is 2.92. The van der Waals surface area contributed by atoms with E-state index in [4.69, 9.17) is 14.2 Å². The van der Waals surface area contributed by atoms with Crippen LogP contribution in [0.1, 0.15) is 37.0 Å². The monoisotopic (exact) mass is 305 g/mol. The zero-order chi connectivity index (χ0) is 15.5. The summed E-state index contributed by atoms with van der Waals surface area (Å²) < 4.78 is 16.1. The Morgan fingerprint density at radius 3 is 2.82 bits per heavy atom. The highest BCUT2D eigenvalue weighted by Gasteiger charge is 2.21. The Morgan fingerprint density at radius 1 is 1.32 bits per heavy atom. The van der Waals surface area contributed by atoms with E-state index in [1.165, 1.54) is 12.8 Å². The molecule has 2 heterocycles. The van der Waals surface area contributed by atoms with Crippen molar-refractivity contribution >= 4 is 5.97 Å². The molecule has 2 aliphatic rings. The molecule has 0 amide bonds. The summed E-state index contributed by atoms with van der Waals surface area (Å²) in [5, 5.41) is 0. The minimum atomic E-state index is -0.309. The Kier molecular flexibility index (Phi) is 4.52. The standard InChI is InChI=1S/C17H23NO4/c1-12-5-7-18(8-6-12)10-13(2)22-17(19)14-3-4-15-16(9-14)21-11-20-15/h3-4,9,12-13H,5-8,10-11H2,1-2H3. The third-order valence-corrected chi connectivity index (χ3v) is 4.31. The quantitative estimate of drug-likeness (QED) is 0.800. The predicted molar refractivity (Wildman–Crippen MR) is 82.3 cm³/mol. The van der Waals surface area contributed by atoms with Crippen molar-refractivity contribution in [3.8, 4) is 11.5 Å². The number of hydrogen-bond acceptors (Lipinski definition) is 5. The summed E-state index contributed by atoms with van der Waals surface area (Å²) in [6, 6.07) is 5.14. The van der Waals surface area contributed by atoms with E-state index in [0.29, 0.717) is 17.1 Å². The fourth-order valence-corrected chi connectivity index (χ4v) is 2.92. The molecular formula is C17H23NO4. The third kappa shape index (κ3) is 3.53. The second-order valence-electron chi connectivity index (χ2n) is 6.27. The number of fused-ring (bicyclic) bond motifs is 1. The molecule has 2 aliphatic heterocycles. The van der Waals surface area contributed by atoms with Gasteiger partial charge in [-0.1, -0.05) is 6.92 Å². The maximum atomic E-state index is 12.2. The minimum absolute atomic E-state index is 0.119. The number of likely N-dealkylation sites (tertiary alicyclic amines) is 1. The first kappa shape index (κ1) is 15.2. The Morgan fingerprint density at radius 2 is 2.05 bits per heavy atom. The van der Waals surface area contributed by atoms with E-state index >= 15 is 0 Å². The zero-order valence-corrected chi connectivity index (χ0v) is 13.2. The van der Waals surface area contributed by atoms with Crippen molar-refractivity contribution in [3.63, 3.8) is 0 Å². The number of nitrogens with zero attached hydrogens (tertiary/aromatic N) is 1. The molecule has 1 fully saturated rings. The molecule has 0 saturated carbocycles. The summed E-state index contributed by atoms with van der Waals surface area (Å²) >= 11 is 0. The van der Waals surface area contributed by atoms with Crippen LogP contribution in [0, 0.1) is 5.92 Å². The lowest BCUT2D eigenvalue weighted by Crippen LogP contribution is -2.38. The van der Waals surface area contributed by atoms with Crippen LogP contribution in [-0.2, 0) is 4.74 Å². The van der Waals surface area contributed by atoms with Gasteiger partial charge in [0.15, 0.2) is 11.5 Å². The number of piperidine rings is 1. The van der Waals surface area contributed by atoms with Crippen LogP contribution in [0.15, 0.2) is 18.2 Å². The zero-order valence-electron chi connectivity index (χ0n) is 13.2. The van der Waals surface area contributed by atoms with Crippen molar-refractivity contribution < 1.29 is 19.0 Å². The first-order chi connectivity index (χ1) is 10.6. The highest BCUT2D eigenvalue weighted by atomic mass is 16.7. The molecule has 0 aliphatic carbocycles. The average molecular weight is 305 g/mol. The molecule has 0 aromatic heterocycles. The number of carbonyl (C=O) groups is 1. The van der Waals surface area contributed by atoms with Gasteiger partial charge >= 0.3 is 5.97 Å². The summed E-state index contributed by atoms with van der Waals surface area (Å²) in [5.74, 6) is 1.78. The molecule has 120 valence electrons. The van der Waals surface area contributed by atoms with Gasteiger partial charge in [0.1, 0.15) is 6.10 Å². The lowest BCUT2D eigenvalue weighted by atomic mass is 9.99. The number of carbonyl (C=O) groups excluding carboxylic acids is 1. The van der Waals surface area contributed by atoms with Gasteiger partial charge in [-0.3, -0.25) is 4.90 Å². The van der Waals surface area contributed by atoms with E-state index in [1.54, 1.807) is 18.2 Å². The van der Waals surface area contributed by atoms with Gasteiger partial charge < -0.3 is 14.2 Å². The van der Waals surface area contributed by atoms with E-state index in [0.717, 1.165) is 25.6 Å². The van der Waals surface area contributed by atoms with Crippen molar-refractivity contribution in [2.45, 2.75) is 32.8 Å². The molecular weight excluding hydrogens is 282 g/mol. The summed E-state index contributed by atoms with van der Waals surface area (Å²) in [7, 11) is 0. The maximum Gasteiger partial charge on any atom is 0.338 e. The van der Waals surface area contributed by atoms with Gasteiger partial charge in [-0.25, -0.2) is 4.79 Å². The van der Waals surface area contributed by atoms with Crippen LogP contribution in [0.2, 0.25) is 0 Å². The average Bonchev–Trinajstić information content (AvgIpc) is 2.97. The molecule has 1 saturated heterocycles. The Balaban J connectivity index is 1.52. The van der Waals surface area contributed by atoms with Gasteiger partial charge in [0.25, 0.3) is 0 Å². The van der Waals surface area contributed by atoms with Crippen LogP contribution in [0.5, 0.6) is 11.5 Å². The summed E-state index contributed by atoms with van der Waals surface area (Å²) in [6.45, 7) is 7.42. The molecule has 1 unspecified atom stereocenters. The van der Waals surface area contributed by atoms with Gasteiger partial charge in [0.05, 0.1) is 5.56 Å². The van der Waals surface area contributed by atoms with E-state index in [1.807, 2.05) is 6.92 Å². The molecule has 1 aromatic carbocycles. The molecule has 5 heteroatoms. The summed E-state index contributed by atoms with van der Waals surface area (Å²) in [4.78, 5) is 14.6. The number of esters is 1. The second-order valence-corrected chi connectivity index (χ2v) is 6.27. The van der Waals surface area contributed by atoms with Gasteiger partial charge in [-0.15, -0.1) is 0 Å². The Bertz CT molecular complexity index is 537. The molecule has 3 rings (SSSR count). The minimum Gasteiger partial charge on any atom is -0.458 e. The van der Waals surface area contributed by atoms with Crippen molar-refractivity contribution in [1.82, 2.24) is 4.90 Å². The summed E-state index contributed by atoms with van der Waals surface area (Å²) in [6.07, 6.45) is 2.33. The summed E-state index contributed by atoms with van der Waals surface area (Å²) in [5.41, 5.74) is 0.503. The van der Waals surface area contributed by atoms with Crippen LogP contribution >= 0.6 is 0 Å². The first-order valence-electron chi connectivity index (χ1n) is 7.95. The molecule has 1 aromatic rings. The number of benzene rings is 1. The maximum absolute atomic E-state index is 12.2. The molecule has 0 radical (unpaired) electrons. The van der Waals surface area contributed by atoms with E-state index < -0.39 is 0 Å². The normalized spacial score (nSPS) is 19.9. The topological polar surface area (TPSA) is 48.0 Å². The number of rotatable bonds is 4. The first-order valence-corrected chi connectivity index (χ1v) is 7.95.